The van der Waals surface area contributed by atoms with Crippen LogP contribution in [0.25, 0.3) is 0 Å². The van der Waals surface area contributed by atoms with Gasteiger partial charge in [0.2, 0.25) is 5.91 Å². The summed E-state index contributed by atoms with van der Waals surface area (Å²) in [5.41, 5.74) is 2.98. The zero-order valence-corrected chi connectivity index (χ0v) is 16.9. The Hall–Kier alpha value is -2.68. The number of aromatic nitrogens is 2. The molecule has 0 aliphatic rings. The third-order valence-corrected chi connectivity index (χ3v) is 5.21. The summed E-state index contributed by atoms with van der Waals surface area (Å²) in [5.74, 6) is -0.149. The van der Waals surface area contributed by atoms with Crippen molar-refractivity contribution in [3.8, 4) is 0 Å². The van der Waals surface area contributed by atoms with E-state index >= 15 is 0 Å². The number of unbranched alkanes of at least 4 members (excludes halogenated alkanes) is 4. The minimum atomic E-state index is -0.433. The second-order valence-electron chi connectivity index (χ2n) is 6.36. The highest BCUT2D eigenvalue weighted by atomic mass is 32.2. The average molecular weight is 404 g/mol. The second kappa shape index (κ2) is 11.2. The number of nitrogens with zero attached hydrogens (tertiary/aromatic N) is 4. The van der Waals surface area contributed by atoms with E-state index in [1.807, 2.05) is 7.05 Å². The van der Waals surface area contributed by atoms with Crippen LogP contribution in [0.5, 0.6) is 0 Å². The molecule has 8 nitrogen and oxygen atoms in total. The van der Waals surface area contributed by atoms with Crippen LogP contribution in [0.2, 0.25) is 0 Å². The molecule has 0 atom stereocenters. The molecule has 28 heavy (non-hydrogen) atoms. The number of hydrazone groups is 1. The number of hydrogen-bond acceptors (Lipinski definition) is 6. The van der Waals surface area contributed by atoms with Crippen LogP contribution in [-0.2, 0) is 11.8 Å². The molecule has 2 aromatic rings. The number of nitro benzene ring substituents is 1. The van der Waals surface area contributed by atoms with Crippen LogP contribution in [0.15, 0.2) is 45.7 Å². The van der Waals surface area contributed by atoms with Gasteiger partial charge < -0.3 is 4.57 Å². The molecule has 1 aromatic heterocycles. The molecule has 0 bridgehead atoms. The Bertz CT molecular complexity index is 835. The quantitative estimate of drug-likeness (QED) is 0.261. The van der Waals surface area contributed by atoms with Gasteiger partial charge in [-0.25, -0.2) is 10.4 Å². The number of aryl methyl sites for hydroxylation is 1. The highest BCUT2D eigenvalue weighted by Crippen LogP contribution is 2.34. The summed E-state index contributed by atoms with van der Waals surface area (Å²) in [5, 5.41) is 16.0. The Labute approximate surface area is 168 Å². The van der Waals surface area contributed by atoms with Crippen LogP contribution in [-0.4, -0.2) is 26.6 Å². The third kappa shape index (κ3) is 6.80. The van der Waals surface area contributed by atoms with Crippen molar-refractivity contribution in [3.63, 3.8) is 0 Å². The number of imidazole rings is 1. The van der Waals surface area contributed by atoms with E-state index in [-0.39, 0.29) is 11.6 Å². The zero-order chi connectivity index (χ0) is 20.4. The lowest BCUT2D eigenvalue weighted by Crippen LogP contribution is -2.16. The van der Waals surface area contributed by atoms with E-state index in [9.17, 15) is 14.9 Å². The molecule has 1 amide bonds. The summed E-state index contributed by atoms with van der Waals surface area (Å²) in [4.78, 5) is 27.4. The number of amides is 1. The number of hydrogen-bond donors (Lipinski definition) is 1. The molecule has 1 N–H and O–H groups in total. The molecule has 0 aliphatic heterocycles. The van der Waals surface area contributed by atoms with Gasteiger partial charge in [0, 0.05) is 37.5 Å². The van der Waals surface area contributed by atoms with Crippen LogP contribution in [0.4, 0.5) is 5.69 Å². The van der Waals surface area contributed by atoms with Gasteiger partial charge >= 0.3 is 0 Å². The van der Waals surface area contributed by atoms with Gasteiger partial charge in [-0.2, -0.15) is 5.10 Å². The molecule has 0 saturated heterocycles. The Kier molecular flexibility index (Phi) is 8.67. The van der Waals surface area contributed by atoms with Gasteiger partial charge in [0.1, 0.15) is 0 Å². The molecule has 1 heterocycles. The zero-order valence-electron chi connectivity index (χ0n) is 16.1. The molecule has 1 aromatic carbocycles. The smallest absolute Gasteiger partial charge is 0.283 e. The van der Waals surface area contributed by atoms with Crippen LogP contribution < -0.4 is 5.43 Å². The minimum Gasteiger partial charge on any atom is -0.329 e. The fraction of sp³-hybridized carbons (Fsp3) is 0.421. The Morgan fingerprint density at radius 1 is 1.36 bits per heavy atom. The number of rotatable bonds is 11. The summed E-state index contributed by atoms with van der Waals surface area (Å²) in [6.07, 6.45) is 10.6. The van der Waals surface area contributed by atoms with Crippen molar-refractivity contribution in [2.24, 2.45) is 12.1 Å². The highest BCUT2D eigenvalue weighted by Gasteiger charge is 2.17. The highest BCUT2D eigenvalue weighted by molar-refractivity contribution is 7.99. The molecule has 0 fully saturated rings. The first-order valence-electron chi connectivity index (χ1n) is 9.26. The molecule has 9 heteroatoms. The second-order valence-corrected chi connectivity index (χ2v) is 7.37. The van der Waals surface area contributed by atoms with Gasteiger partial charge in [-0.1, -0.05) is 38.7 Å². The first kappa shape index (κ1) is 21.6. The standard InChI is InChI=1S/C19H25N5O3S/c1-3-4-5-6-7-8-18(25)22-21-14-15-9-10-17(16(13-15)24(26)27)28-19-20-11-12-23(19)2/h9-14H,3-8H2,1-2H3,(H,22,25)/b21-14+. The SMILES string of the molecule is CCCCCCCC(=O)N/N=C/c1ccc(Sc2nccn2C)c([N+](=O)[O-])c1. The monoisotopic (exact) mass is 403 g/mol. The van der Waals surface area contributed by atoms with E-state index in [2.05, 4.69) is 22.4 Å². The molecule has 150 valence electrons. The Balaban J connectivity index is 1.94. The third-order valence-electron chi connectivity index (χ3n) is 4.07. The van der Waals surface area contributed by atoms with E-state index in [0.29, 0.717) is 22.0 Å². The van der Waals surface area contributed by atoms with Gasteiger partial charge in [0.15, 0.2) is 5.16 Å². The number of carbonyl (C=O) groups excluding carboxylic acids is 1. The molecule has 0 saturated carbocycles. The van der Waals surface area contributed by atoms with E-state index in [4.69, 9.17) is 0 Å². The number of benzene rings is 1. The topological polar surface area (TPSA) is 102 Å². The van der Waals surface area contributed by atoms with Crippen molar-refractivity contribution >= 4 is 29.6 Å². The van der Waals surface area contributed by atoms with Gasteiger partial charge in [0.05, 0.1) is 16.0 Å². The van der Waals surface area contributed by atoms with E-state index in [1.165, 1.54) is 36.9 Å². The largest absolute Gasteiger partial charge is 0.329 e. The van der Waals surface area contributed by atoms with Crippen molar-refractivity contribution in [1.82, 2.24) is 15.0 Å². The van der Waals surface area contributed by atoms with Crippen molar-refractivity contribution in [2.75, 3.05) is 0 Å². The summed E-state index contributed by atoms with van der Waals surface area (Å²) >= 11 is 1.22. The first-order valence-corrected chi connectivity index (χ1v) is 10.1. The maximum atomic E-state index is 11.8. The van der Waals surface area contributed by atoms with Gasteiger partial charge in [-0.3, -0.25) is 14.9 Å². The summed E-state index contributed by atoms with van der Waals surface area (Å²) in [7, 11) is 1.83. The molecule has 0 spiro atoms. The summed E-state index contributed by atoms with van der Waals surface area (Å²) in [6, 6.07) is 4.82. The fourth-order valence-corrected chi connectivity index (χ4v) is 3.41. The van der Waals surface area contributed by atoms with E-state index in [0.717, 1.165) is 19.3 Å². The summed E-state index contributed by atoms with van der Waals surface area (Å²) < 4.78 is 1.79. The molecule has 2 rings (SSSR count). The lowest BCUT2D eigenvalue weighted by atomic mass is 10.1. The summed E-state index contributed by atoms with van der Waals surface area (Å²) in [6.45, 7) is 2.15. The average Bonchev–Trinajstić information content (AvgIpc) is 3.07. The van der Waals surface area contributed by atoms with E-state index in [1.54, 1.807) is 29.1 Å². The van der Waals surface area contributed by atoms with Gasteiger partial charge in [-0.15, -0.1) is 0 Å². The minimum absolute atomic E-state index is 0.0285. The number of carbonyl (C=O) groups is 1. The molecular weight excluding hydrogens is 378 g/mol. The predicted octanol–water partition coefficient (Wildman–Crippen LogP) is 4.29. The maximum absolute atomic E-state index is 11.8. The van der Waals surface area contributed by atoms with Crippen molar-refractivity contribution < 1.29 is 9.72 Å². The lowest BCUT2D eigenvalue weighted by molar-refractivity contribution is -0.387. The number of nitro groups is 1. The normalized spacial score (nSPS) is 11.1. The van der Waals surface area contributed by atoms with E-state index < -0.39 is 4.92 Å². The van der Waals surface area contributed by atoms with Crippen molar-refractivity contribution in [2.45, 2.75) is 55.5 Å². The van der Waals surface area contributed by atoms with Crippen molar-refractivity contribution in [3.05, 3.63) is 46.3 Å². The molecular formula is C19H25N5O3S. The predicted molar refractivity (Wildman–Crippen MR) is 110 cm³/mol. The van der Waals surface area contributed by atoms with Crippen LogP contribution in [0.3, 0.4) is 0 Å². The van der Waals surface area contributed by atoms with Crippen LogP contribution in [0.1, 0.15) is 51.0 Å². The van der Waals surface area contributed by atoms with Gasteiger partial charge in [-0.05, 0) is 24.2 Å². The molecule has 0 unspecified atom stereocenters. The number of nitrogens with one attached hydrogen (secondary N) is 1. The maximum Gasteiger partial charge on any atom is 0.283 e. The van der Waals surface area contributed by atoms with Crippen molar-refractivity contribution in [1.29, 1.82) is 0 Å². The molecule has 0 aliphatic carbocycles. The van der Waals surface area contributed by atoms with Gasteiger partial charge in [0.25, 0.3) is 5.69 Å². The first-order chi connectivity index (χ1) is 13.5. The molecule has 0 radical (unpaired) electrons. The lowest BCUT2D eigenvalue weighted by Gasteiger charge is -2.04. The fourth-order valence-electron chi connectivity index (χ4n) is 2.52. The van der Waals surface area contributed by atoms with Crippen LogP contribution >= 0.6 is 11.8 Å². The Morgan fingerprint density at radius 3 is 2.82 bits per heavy atom. The Morgan fingerprint density at radius 2 is 2.14 bits per heavy atom. The van der Waals surface area contributed by atoms with Crippen LogP contribution in [0, 0.1) is 10.1 Å².